The molecule has 0 atom stereocenters. The van der Waals surface area contributed by atoms with Crippen molar-refractivity contribution in [1.82, 2.24) is 5.32 Å². The van der Waals surface area contributed by atoms with E-state index in [1.807, 2.05) is 62.4 Å². The lowest BCUT2D eigenvalue weighted by Crippen LogP contribution is -2.24. The van der Waals surface area contributed by atoms with E-state index < -0.39 is 0 Å². The third kappa shape index (κ3) is 4.46. The van der Waals surface area contributed by atoms with Crippen LogP contribution in [0.3, 0.4) is 0 Å². The van der Waals surface area contributed by atoms with E-state index in [-0.39, 0.29) is 6.03 Å². The number of urea groups is 1. The molecule has 2 amide bonds. The summed E-state index contributed by atoms with van der Waals surface area (Å²) in [7, 11) is 0. The number of halogens is 1. The standard InChI is InChI=1S/C17H17BrN2O/c1-12-4-3-5-13(2)16(12)20-17(21)19-11-10-14-6-8-15(18)9-7-14/h3-11H,1-2H3,(H2,19,20,21)/b11-10+. The molecule has 0 saturated heterocycles. The maximum absolute atomic E-state index is 11.9. The molecule has 0 aliphatic rings. The Kier molecular flexibility index (Phi) is 5.17. The molecule has 0 radical (unpaired) electrons. The maximum atomic E-state index is 11.9. The van der Waals surface area contributed by atoms with Gasteiger partial charge in [-0.3, -0.25) is 0 Å². The zero-order valence-electron chi connectivity index (χ0n) is 12.0. The van der Waals surface area contributed by atoms with Crippen molar-refractivity contribution in [2.75, 3.05) is 5.32 Å². The van der Waals surface area contributed by atoms with Crippen LogP contribution in [0, 0.1) is 13.8 Å². The van der Waals surface area contributed by atoms with E-state index in [1.54, 1.807) is 6.20 Å². The van der Waals surface area contributed by atoms with Crippen molar-refractivity contribution < 1.29 is 4.79 Å². The average Bonchev–Trinajstić information content (AvgIpc) is 2.45. The molecule has 2 N–H and O–H groups in total. The Balaban J connectivity index is 1.95. The largest absolute Gasteiger partial charge is 0.323 e. The number of para-hydroxylation sites is 1. The molecule has 0 unspecified atom stereocenters. The molecule has 0 bridgehead atoms. The molecule has 0 aliphatic heterocycles. The molecule has 0 fully saturated rings. The lowest BCUT2D eigenvalue weighted by molar-refractivity contribution is 0.255. The van der Waals surface area contributed by atoms with E-state index >= 15 is 0 Å². The molecule has 4 heteroatoms. The zero-order valence-corrected chi connectivity index (χ0v) is 13.6. The highest BCUT2D eigenvalue weighted by Gasteiger charge is 2.05. The molecule has 3 nitrogen and oxygen atoms in total. The number of carbonyl (C=O) groups excluding carboxylic acids is 1. The van der Waals surface area contributed by atoms with Gasteiger partial charge >= 0.3 is 6.03 Å². The van der Waals surface area contributed by atoms with E-state index in [4.69, 9.17) is 0 Å². The van der Waals surface area contributed by atoms with Crippen LogP contribution in [0.4, 0.5) is 10.5 Å². The van der Waals surface area contributed by atoms with Crippen LogP contribution in [-0.4, -0.2) is 6.03 Å². The molecular weight excluding hydrogens is 328 g/mol. The highest BCUT2D eigenvalue weighted by atomic mass is 79.9. The fraction of sp³-hybridized carbons (Fsp3) is 0.118. The van der Waals surface area contributed by atoms with Crippen molar-refractivity contribution in [3.05, 3.63) is 69.8 Å². The van der Waals surface area contributed by atoms with Gasteiger partial charge in [0.05, 0.1) is 0 Å². The van der Waals surface area contributed by atoms with Gasteiger partial charge in [-0.25, -0.2) is 4.79 Å². The summed E-state index contributed by atoms with van der Waals surface area (Å²) in [5.74, 6) is 0. The molecule has 0 aliphatic carbocycles. The molecule has 2 rings (SSSR count). The fourth-order valence-corrected chi connectivity index (χ4v) is 2.21. The fourth-order valence-electron chi connectivity index (χ4n) is 1.95. The summed E-state index contributed by atoms with van der Waals surface area (Å²) in [5.41, 5.74) is 3.96. The predicted molar refractivity (Wildman–Crippen MR) is 91.2 cm³/mol. The lowest BCUT2D eigenvalue weighted by Gasteiger charge is -2.10. The monoisotopic (exact) mass is 344 g/mol. The smallest absolute Gasteiger partial charge is 0.314 e. The van der Waals surface area contributed by atoms with Gasteiger partial charge in [-0.15, -0.1) is 0 Å². The van der Waals surface area contributed by atoms with E-state index in [9.17, 15) is 4.79 Å². The number of nitrogens with one attached hydrogen (secondary N) is 2. The Bertz CT molecular complexity index is 643. The minimum atomic E-state index is -0.249. The first-order chi connectivity index (χ1) is 10.1. The van der Waals surface area contributed by atoms with Gasteiger partial charge in [0.25, 0.3) is 0 Å². The summed E-state index contributed by atoms with van der Waals surface area (Å²) in [6, 6.07) is 13.5. The first-order valence-corrected chi connectivity index (χ1v) is 7.41. The second-order valence-corrected chi connectivity index (χ2v) is 5.67. The van der Waals surface area contributed by atoms with Gasteiger partial charge in [0, 0.05) is 16.4 Å². The lowest BCUT2D eigenvalue weighted by atomic mass is 10.1. The van der Waals surface area contributed by atoms with Crippen LogP contribution < -0.4 is 10.6 Å². The van der Waals surface area contributed by atoms with Crippen LogP contribution in [-0.2, 0) is 0 Å². The third-order valence-corrected chi connectivity index (χ3v) is 3.61. The SMILES string of the molecule is Cc1cccc(C)c1NC(=O)N/C=C/c1ccc(Br)cc1. The summed E-state index contributed by atoms with van der Waals surface area (Å²) in [5, 5.41) is 5.57. The second kappa shape index (κ2) is 7.09. The number of hydrogen-bond donors (Lipinski definition) is 2. The molecule has 21 heavy (non-hydrogen) atoms. The van der Waals surface area contributed by atoms with Crippen LogP contribution in [0.1, 0.15) is 16.7 Å². The Morgan fingerprint density at radius 2 is 1.67 bits per heavy atom. The average molecular weight is 345 g/mol. The van der Waals surface area contributed by atoms with Crippen molar-refractivity contribution in [3.63, 3.8) is 0 Å². The van der Waals surface area contributed by atoms with E-state index in [0.29, 0.717) is 0 Å². The number of amides is 2. The topological polar surface area (TPSA) is 41.1 Å². The molecule has 108 valence electrons. The van der Waals surface area contributed by atoms with Crippen LogP contribution >= 0.6 is 15.9 Å². The second-order valence-electron chi connectivity index (χ2n) is 4.75. The molecule has 0 aromatic heterocycles. The Morgan fingerprint density at radius 3 is 2.29 bits per heavy atom. The normalized spacial score (nSPS) is 10.6. The van der Waals surface area contributed by atoms with E-state index in [0.717, 1.165) is 26.9 Å². The highest BCUT2D eigenvalue weighted by Crippen LogP contribution is 2.19. The maximum Gasteiger partial charge on any atom is 0.323 e. The van der Waals surface area contributed by atoms with Gasteiger partial charge in [0.2, 0.25) is 0 Å². The van der Waals surface area contributed by atoms with Gasteiger partial charge < -0.3 is 10.6 Å². The number of rotatable bonds is 3. The van der Waals surface area contributed by atoms with Crippen LogP contribution in [0.2, 0.25) is 0 Å². The van der Waals surface area contributed by atoms with Crippen molar-refractivity contribution in [1.29, 1.82) is 0 Å². The molecule has 2 aromatic rings. The Hall–Kier alpha value is -2.07. The first-order valence-electron chi connectivity index (χ1n) is 6.62. The van der Waals surface area contributed by atoms with Gasteiger partial charge in [0.1, 0.15) is 0 Å². The van der Waals surface area contributed by atoms with Crippen molar-refractivity contribution in [3.8, 4) is 0 Å². The number of aryl methyl sites for hydroxylation is 2. The molecule has 0 saturated carbocycles. The van der Waals surface area contributed by atoms with Gasteiger partial charge in [-0.1, -0.05) is 46.3 Å². The third-order valence-electron chi connectivity index (χ3n) is 3.08. The number of anilines is 1. The molecule has 2 aromatic carbocycles. The Labute approximate surface area is 133 Å². The summed E-state index contributed by atoms with van der Waals surface area (Å²) in [4.78, 5) is 11.9. The zero-order chi connectivity index (χ0) is 15.2. The van der Waals surface area contributed by atoms with Gasteiger partial charge in [-0.05, 0) is 48.7 Å². The minimum Gasteiger partial charge on any atom is -0.314 e. The van der Waals surface area contributed by atoms with Crippen molar-refractivity contribution >= 4 is 33.7 Å². The first kappa shape index (κ1) is 15.3. The van der Waals surface area contributed by atoms with E-state index in [1.165, 1.54) is 0 Å². The Morgan fingerprint density at radius 1 is 1.05 bits per heavy atom. The van der Waals surface area contributed by atoms with Gasteiger partial charge in [-0.2, -0.15) is 0 Å². The van der Waals surface area contributed by atoms with Crippen LogP contribution in [0.15, 0.2) is 53.1 Å². The molecule has 0 spiro atoms. The summed E-state index contributed by atoms with van der Waals surface area (Å²) in [6.07, 6.45) is 3.48. The van der Waals surface area contributed by atoms with Crippen molar-refractivity contribution in [2.24, 2.45) is 0 Å². The predicted octanol–water partition coefficient (Wildman–Crippen LogP) is 4.86. The number of hydrogen-bond acceptors (Lipinski definition) is 1. The summed E-state index contributed by atoms with van der Waals surface area (Å²) >= 11 is 3.38. The number of benzene rings is 2. The molecular formula is C17H17BrN2O. The quantitative estimate of drug-likeness (QED) is 0.820. The van der Waals surface area contributed by atoms with Crippen molar-refractivity contribution in [2.45, 2.75) is 13.8 Å². The minimum absolute atomic E-state index is 0.249. The molecule has 0 heterocycles. The van der Waals surface area contributed by atoms with Crippen LogP contribution in [0.25, 0.3) is 6.08 Å². The summed E-state index contributed by atoms with van der Waals surface area (Å²) < 4.78 is 1.03. The number of carbonyl (C=O) groups is 1. The highest BCUT2D eigenvalue weighted by molar-refractivity contribution is 9.10. The van der Waals surface area contributed by atoms with E-state index in [2.05, 4.69) is 26.6 Å². The van der Waals surface area contributed by atoms with Crippen LogP contribution in [0.5, 0.6) is 0 Å². The summed E-state index contributed by atoms with van der Waals surface area (Å²) in [6.45, 7) is 3.95. The van der Waals surface area contributed by atoms with Gasteiger partial charge in [0.15, 0.2) is 0 Å².